The van der Waals surface area contributed by atoms with Gasteiger partial charge >= 0.3 is 0 Å². The van der Waals surface area contributed by atoms with E-state index in [0.717, 1.165) is 0 Å². The van der Waals surface area contributed by atoms with Crippen molar-refractivity contribution >= 4 is 27.5 Å². The maximum absolute atomic E-state index is 12.8. The van der Waals surface area contributed by atoms with Crippen molar-refractivity contribution in [3.8, 4) is 11.5 Å². The molecular weight excluding hydrogens is 422 g/mol. The minimum Gasteiger partial charge on any atom is -0.492 e. The first-order chi connectivity index (χ1) is 14.7. The molecule has 0 bridgehead atoms. The molecule has 2 aromatic carbocycles. The van der Waals surface area contributed by atoms with E-state index < -0.39 is 21.8 Å². The van der Waals surface area contributed by atoms with E-state index in [9.17, 15) is 18.0 Å². The van der Waals surface area contributed by atoms with Crippen molar-refractivity contribution in [2.45, 2.75) is 25.7 Å². The normalized spacial score (nSPS) is 11.2. The van der Waals surface area contributed by atoms with E-state index in [-0.39, 0.29) is 22.8 Å². The van der Waals surface area contributed by atoms with Gasteiger partial charge in [-0.15, -0.1) is 0 Å². The van der Waals surface area contributed by atoms with Crippen LogP contribution in [0, 0.1) is 0 Å². The Morgan fingerprint density at radius 3 is 2.35 bits per heavy atom. The number of primary amides is 1. The Morgan fingerprint density at radius 1 is 1.03 bits per heavy atom. The lowest BCUT2D eigenvalue weighted by Crippen LogP contribution is -2.30. The smallest absolute Gasteiger partial charge is 0.262 e. The summed E-state index contributed by atoms with van der Waals surface area (Å²) in [6, 6.07) is 10.5. The molecule has 3 N–H and O–H groups in total. The summed E-state index contributed by atoms with van der Waals surface area (Å²) in [5, 5.41) is 2.63. The number of carbonyl (C=O) groups is 2. The van der Waals surface area contributed by atoms with Crippen molar-refractivity contribution in [3.63, 3.8) is 0 Å². The summed E-state index contributed by atoms with van der Waals surface area (Å²) in [7, 11) is -3.71. The van der Waals surface area contributed by atoms with Gasteiger partial charge in [-0.1, -0.05) is 19.9 Å². The van der Waals surface area contributed by atoms with Gasteiger partial charge in [-0.2, -0.15) is 4.31 Å². The quantitative estimate of drug-likeness (QED) is 0.541. The van der Waals surface area contributed by atoms with Crippen molar-refractivity contribution in [1.29, 1.82) is 0 Å². The topological polar surface area (TPSA) is 128 Å². The van der Waals surface area contributed by atoms with Crippen LogP contribution < -0.4 is 20.5 Å². The molecule has 0 fully saturated rings. The molecule has 168 valence electrons. The Balaban J connectivity index is 2.21. The summed E-state index contributed by atoms with van der Waals surface area (Å²) >= 11 is 0. The number of rotatable bonds is 11. The first-order valence-corrected chi connectivity index (χ1v) is 11.3. The molecule has 0 aliphatic carbocycles. The fraction of sp³-hybridized carbons (Fsp3) is 0.333. The van der Waals surface area contributed by atoms with E-state index >= 15 is 0 Å². The van der Waals surface area contributed by atoms with Gasteiger partial charge in [0.25, 0.3) is 5.91 Å². The van der Waals surface area contributed by atoms with Gasteiger partial charge in [0.1, 0.15) is 11.5 Å². The monoisotopic (exact) mass is 449 g/mol. The Hall–Kier alpha value is -3.11. The fourth-order valence-electron chi connectivity index (χ4n) is 2.84. The molecule has 9 nitrogen and oxygen atoms in total. The highest BCUT2D eigenvalue weighted by molar-refractivity contribution is 7.89. The summed E-state index contributed by atoms with van der Waals surface area (Å²) in [6.45, 7) is 5.91. The Bertz CT molecular complexity index is 1040. The maximum Gasteiger partial charge on any atom is 0.262 e. The van der Waals surface area contributed by atoms with Gasteiger partial charge in [0.2, 0.25) is 15.9 Å². The largest absolute Gasteiger partial charge is 0.492 e. The minimum atomic E-state index is -3.71. The molecule has 0 saturated carbocycles. The number of nitrogens with one attached hydrogen (secondary N) is 1. The second kappa shape index (κ2) is 10.8. The molecule has 0 aliphatic rings. The molecule has 0 unspecified atom stereocenters. The van der Waals surface area contributed by atoms with Crippen molar-refractivity contribution in [2.24, 2.45) is 5.73 Å². The third-order valence-corrected chi connectivity index (χ3v) is 6.40. The number of benzene rings is 2. The highest BCUT2D eigenvalue weighted by atomic mass is 32.2. The van der Waals surface area contributed by atoms with Crippen LogP contribution in [-0.4, -0.2) is 50.8 Å². The minimum absolute atomic E-state index is 0.0463. The highest BCUT2D eigenvalue weighted by Crippen LogP contribution is 2.29. The van der Waals surface area contributed by atoms with Gasteiger partial charge in [-0.3, -0.25) is 9.59 Å². The lowest BCUT2D eigenvalue weighted by atomic mass is 10.2. The second-order valence-electron chi connectivity index (χ2n) is 6.41. The summed E-state index contributed by atoms with van der Waals surface area (Å²) in [4.78, 5) is 23.7. The van der Waals surface area contributed by atoms with E-state index in [1.807, 2.05) is 0 Å². The van der Waals surface area contributed by atoms with Crippen molar-refractivity contribution in [1.82, 2.24) is 4.31 Å². The molecule has 0 aromatic heterocycles. The molecule has 0 radical (unpaired) electrons. The van der Waals surface area contributed by atoms with Crippen LogP contribution in [0.25, 0.3) is 0 Å². The van der Waals surface area contributed by atoms with E-state index in [2.05, 4.69) is 5.32 Å². The van der Waals surface area contributed by atoms with Crippen LogP contribution in [0.5, 0.6) is 11.5 Å². The molecule has 2 rings (SSSR count). The standard InChI is InChI=1S/C21H27N3O6S/c1-4-24(5-2)31(27,28)17-10-11-19(29-6-3)18(13-17)23-20(25)14-30-16-9-7-8-15(12-16)21(22)26/h7-13H,4-6,14H2,1-3H3,(H2,22,26)(H,23,25). The highest BCUT2D eigenvalue weighted by Gasteiger charge is 2.23. The van der Waals surface area contributed by atoms with E-state index in [1.165, 1.54) is 34.6 Å². The average Bonchev–Trinajstić information content (AvgIpc) is 2.74. The van der Waals surface area contributed by atoms with Crippen molar-refractivity contribution < 1.29 is 27.5 Å². The Kier molecular flexibility index (Phi) is 8.40. The van der Waals surface area contributed by atoms with Gasteiger partial charge in [0.05, 0.1) is 17.2 Å². The SMILES string of the molecule is CCOc1ccc(S(=O)(=O)N(CC)CC)cc1NC(=O)COc1cccc(C(N)=O)c1. The maximum atomic E-state index is 12.8. The predicted molar refractivity (Wildman–Crippen MR) is 117 cm³/mol. The zero-order valence-electron chi connectivity index (χ0n) is 17.8. The molecule has 2 amide bonds. The molecule has 0 atom stereocenters. The summed E-state index contributed by atoms with van der Waals surface area (Å²) in [5.41, 5.74) is 5.71. The van der Waals surface area contributed by atoms with Crippen LogP contribution in [0.4, 0.5) is 5.69 Å². The van der Waals surface area contributed by atoms with E-state index in [1.54, 1.807) is 32.9 Å². The zero-order valence-corrected chi connectivity index (χ0v) is 18.6. The lowest BCUT2D eigenvalue weighted by Gasteiger charge is -2.20. The van der Waals surface area contributed by atoms with Crippen LogP contribution in [0.3, 0.4) is 0 Å². The Labute approximate surface area is 182 Å². The number of hydrogen-bond acceptors (Lipinski definition) is 6. The first kappa shape index (κ1) is 24.2. The van der Waals surface area contributed by atoms with Crippen LogP contribution in [0.1, 0.15) is 31.1 Å². The summed E-state index contributed by atoms with van der Waals surface area (Å²) in [6.07, 6.45) is 0. The molecular formula is C21H27N3O6S. The van der Waals surface area contributed by atoms with Crippen LogP contribution in [0.2, 0.25) is 0 Å². The van der Waals surface area contributed by atoms with E-state index in [0.29, 0.717) is 31.2 Å². The summed E-state index contributed by atoms with van der Waals surface area (Å²) < 4.78 is 37.9. The Morgan fingerprint density at radius 2 is 1.74 bits per heavy atom. The van der Waals surface area contributed by atoms with Crippen molar-refractivity contribution in [2.75, 3.05) is 31.6 Å². The zero-order chi connectivity index (χ0) is 23.0. The molecule has 0 spiro atoms. The molecule has 10 heteroatoms. The molecule has 2 aromatic rings. The second-order valence-corrected chi connectivity index (χ2v) is 8.35. The fourth-order valence-corrected chi connectivity index (χ4v) is 4.32. The van der Waals surface area contributed by atoms with Crippen LogP contribution in [-0.2, 0) is 14.8 Å². The number of hydrogen-bond donors (Lipinski definition) is 2. The lowest BCUT2D eigenvalue weighted by molar-refractivity contribution is -0.118. The molecule has 0 heterocycles. The van der Waals surface area contributed by atoms with Gasteiger partial charge < -0.3 is 20.5 Å². The third-order valence-electron chi connectivity index (χ3n) is 4.36. The number of anilines is 1. The number of ether oxygens (including phenoxy) is 2. The van der Waals surface area contributed by atoms with Gasteiger partial charge in [-0.25, -0.2) is 8.42 Å². The average molecular weight is 450 g/mol. The summed E-state index contributed by atoms with van der Waals surface area (Å²) in [5.74, 6) is -0.496. The van der Waals surface area contributed by atoms with Crippen LogP contribution >= 0.6 is 0 Å². The van der Waals surface area contributed by atoms with E-state index in [4.69, 9.17) is 15.2 Å². The number of nitrogens with zero attached hydrogens (tertiary/aromatic N) is 1. The number of nitrogens with two attached hydrogens (primary N) is 1. The number of amides is 2. The van der Waals surface area contributed by atoms with Crippen molar-refractivity contribution in [3.05, 3.63) is 48.0 Å². The third kappa shape index (κ3) is 6.19. The predicted octanol–water partition coefficient (Wildman–Crippen LogP) is 2.23. The van der Waals surface area contributed by atoms with Gasteiger partial charge in [0.15, 0.2) is 6.61 Å². The van der Waals surface area contributed by atoms with Crippen LogP contribution in [0.15, 0.2) is 47.4 Å². The molecule has 0 saturated heterocycles. The van der Waals surface area contributed by atoms with Gasteiger partial charge in [0, 0.05) is 18.7 Å². The van der Waals surface area contributed by atoms with Gasteiger partial charge in [-0.05, 0) is 43.3 Å². The first-order valence-electron chi connectivity index (χ1n) is 9.82. The number of carbonyl (C=O) groups excluding carboxylic acids is 2. The molecule has 31 heavy (non-hydrogen) atoms. The molecule has 0 aliphatic heterocycles. The number of sulfonamides is 1.